The normalized spacial score (nSPS) is 26.4. The molecule has 0 saturated heterocycles. The molecule has 1 fully saturated rings. The number of imidazole rings is 1. The fourth-order valence-electron chi connectivity index (χ4n) is 4.19. The Labute approximate surface area is 123 Å². The third-order valence-electron chi connectivity index (χ3n) is 5.95. The monoisotopic (exact) mass is 275 g/mol. The number of nitrogens with zero attached hydrogens (tertiary/aromatic N) is 2. The van der Waals surface area contributed by atoms with Crippen LogP contribution < -0.4 is 5.32 Å². The van der Waals surface area contributed by atoms with Crippen LogP contribution in [0.3, 0.4) is 0 Å². The molecular formula is C17H29N3. The Hall–Kier alpha value is -0.830. The molecule has 1 aromatic heterocycles. The van der Waals surface area contributed by atoms with Crippen molar-refractivity contribution in [2.45, 2.75) is 83.8 Å². The Morgan fingerprint density at radius 1 is 1.20 bits per heavy atom. The molecule has 0 amide bonds. The maximum Gasteiger partial charge on any atom is 0.108 e. The minimum absolute atomic E-state index is 0.650. The Balaban J connectivity index is 1.51. The lowest BCUT2D eigenvalue weighted by atomic mass is 9.69. The molecule has 1 aliphatic heterocycles. The molecule has 0 radical (unpaired) electrons. The fourth-order valence-corrected chi connectivity index (χ4v) is 4.19. The van der Waals surface area contributed by atoms with Crippen LogP contribution in [0.25, 0.3) is 0 Å². The lowest BCUT2D eigenvalue weighted by molar-refractivity contribution is 0.140. The number of aromatic nitrogens is 2. The molecule has 3 rings (SSSR count). The third-order valence-corrected chi connectivity index (χ3v) is 5.95. The topological polar surface area (TPSA) is 29.9 Å². The van der Waals surface area contributed by atoms with E-state index < -0.39 is 0 Å². The molecule has 0 bridgehead atoms. The van der Waals surface area contributed by atoms with Gasteiger partial charge in [0.25, 0.3) is 0 Å². The van der Waals surface area contributed by atoms with Gasteiger partial charge in [-0.2, -0.15) is 0 Å². The van der Waals surface area contributed by atoms with Crippen molar-refractivity contribution in [2.75, 3.05) is 0 Å². The molecule has 1 saturated carbocycles. The van der Waals surface area contributed by atoms with E-state index in [0.717, 1.165) is 19.0 Å². The van der Waals surface area contributed by atoms with E-state index in [-0.39, 0.29) is 0 Å². The molecule has 3 heteroatoms. The maximum absolute atomic E-state index is 4.41. The zero-order chi connectivity index (χ0) is 14.0. The molecule has 0 spiro atoms. The minimum atomic E-state index is 0.650. The van der Waals surface area contributed by atoms with E-state index in [0.29, 0.717) is 11.5 Å². The summed E-state index contributed by atoms with van der Waals surface area (Å²) < 4.78 is 2.33. The molecule has 2 heterocycles. The van der Waals surface area contributed by atoms with Crippen LogP contribution in [0.5, 0.6) is 0 Å². The van der Waals surface area contributed by atoms with Crippen molar-refractivity contribution in [2.24, 2.45) is 5.41 Å². The van der Waals surface area contributed by atoms with Gasteiger partial charge >= 0.3 is 0 Å². The van der Waals surface area contributed by atoms with Gasteiger partial charge in [0.05, 0.1) is 0 Å². The SMILES string of the molecule is CCC1(CC)CCC(NC2CCc3nccn3C2)CC1. The zero-order valence-corrected chi connectivity index (χ0v) is 13.1. The predicted octanol–water partition coefficient (Wildman–Crippen LogP) is 3.54. The van der Waals surface area contributed by atoms with E-state index in [2.05, 4.69) is 34.9 Å². The highest BCUT2D eigenvalue weighted by atomic mass is 15.1. The van der Waals surface area contributed by atoms with Gasteiger partial charge in [-0.1, -0.05) is 26.7 Å². The van der Waals surface area contributed by atoms with E-state index in [4.69, 9.17) is 0 Å². The van der Waals surface area contributed by atoms with Crippen LogP contribution in [0, 0.1) is 5.41 Å². The summed E-state index contributed by atoms with van der Waals surface area (Å²) >= 11 is 0. The van der Waals surface area contributed by atoms with Crippen molar-refractivity contribution in [3.63, 3.8) is 0 Å². The number of aryl methyl sites for hydroxylation is 1. The van der Waals surface area contributed by atoms with Gasteiger partial charge in [0.2, 0.25) is 0 Å². The minimum Gasteiger partial charge on any atom is -0.333 e. The molecule has 112 valence electrons. The highest BCUT2D eigenvalue weighted by molar-refractivity contribution is 4.99. The van der Waals surface area contributed by atoms with Gasteiger partial charge in [-0.25, -0.2) is 4.98 Å². The van der Waals surface area contributed by atoms with E-state index in [9.17, 15) is 0 Å². The van der Waals surface area contributed by atoms with Crippen LogP contribution in [0.2, 0.25) is 0 Å². The maximum atomic E-state index is 4.41. The first kappa shape index (κ1) is 14.1. The number of hydrogen-bond acceptors (Lipinski definition) is 2. The molecule has 1 unspecified atom stereocenters. The quantitative estimate of drug-likeness (QED) is 0.911. The van der Waals surface area contributed by atoms with Gasteiger partial charge in [0, 0.05) is 37.4 Å². The second kappa shape index (κ2) is 5.88. The predicted molar refractivity (Wildman–Crippen MR) is 82.7 cm³/mol. The van der Waals surface area contributed by atoms with Gasteiger partial charge in [-0.15, -0.1) is 0 Å². The molecule has 1 aliphatic carbocycles. The van der Waals surface area contributed by atoms with Crippen LogP contribution >= 0.6 is 0 Å². The molecule has 0 aromatic carbocycles. The highest BCUT2D eigenvalue weighted by Gasteiger charge is 2.33. The molecular weight excluding hydrogens is 246 g/mol. The first-order valence-electron chi connectivity index (χ1n) is 8.51. The summed E-state index contributed by atoms with van der Waals surface area (Å²) in [6, 6.07) is 1.40. The number of hydrogen-bond donors (Lipinski definition) is 1. The molecule has 2 aliphatic rings. The van der Waals surface area contributed by atoms with Crippen molar-refractivity contribution in [3.8, 4) is 0 Å². The van der Waals surface area contributed by atoms with Gasteiger partial charge in [0.15, 0.2) is 0 Å². The standard InChI is InChI=1S/C17H29N3/c1-3-17(4-2)9-7-14(8-10-17)19-15-5-6-16-18-11-12-20(16)13-15/h11-12,14-15,19H,3-10,13H2,1-2H3. The number of nitrogens with one attached hydrogen (secondary N) is 1. The Morgan fingerprint density at radius 3 is 2.65 bits per heavy atom. The van der Waals surface area contributed by atoms with Crippen LogP contribution in [0.15, 0.2) is 12.4 Å². The van der Waals surface area contributed by atoms with E-state index in [1.54, 1.807) is 0 Å². The smallest absolute Gasteiger partial charge is 0.108 e. The Bertz CT molecular complexity index is 423. The van der Waals surface area contributed by atoms with E-state index in [1.807, 2.05) is 6.20 Å². The summed E-state index contributed by atoms with van der Waals surface area (Å²) in [5.41, 5.74) is 0.655. The second-order valence-corrected chi connectivity index (χ2v) is 6.88. The van der Waals surface area contributed by atoms with Gasteiger partial charge < -0.3 is 9.88 Å². The van der Waals surface area contributed by atoms with Crippen LogP contribution in [0.4, 0.5) is 0 Å². The second-order valence-electron chi connectivity index (χ2n) is 6.88. The van der Waals surface area contributed by atoms with Gasteiger partial charge in [0.1, 0.15) is 5.82 Å². The van der Waals surface area contributed by atoms with Crippen molar-refractivity contribution in [3.05, 3.63) is 18.2 Å². The molecule has 1 N–H and O–H groups in total. The van der Waals surface area contributed by atoms with Crippen LogP contribution in [0.1, 0.15) is 64.6 Å². The average Bonchev–Trinajstić information content (AvgIpc) is 2.96. The van der Waals surface area contributed by atoms with Crippen LogP contribution in [-0.4, -0.2) is 21.6 Å². The Morgan fingerprint density at radius 2 is 1.95 bits per heavy atom. The summed E-state index contributed by atoms with van der Waals surface area (Å²) in [6.07, 6.45) is 14.7. The largest absolute Gasteiger partial charge is 0.333 e. The first-order valence-corrected chi connectivity index (χ1v) is 8.51. The molecule has 1 atom stereocenters. The van der Waals surface area contributed by atoms with E-state index in [1.165, 1.54) is 50.8 Å². The van der Waals surface area contributed by atoms with Crippen molar-refractivity contribution in [1.82, 2.24) is 14.9 Å². The van der Waals surface area contributed by atoms with Gasteiger partial charge in [-0.3, -0.25) is 0 Å². The highest BCUT2D eigenvalue weighted by Crippen LogP contribution is 2.42. The molecule has 3 nitrogen and oxygen atoms in total. The summed E-state index contributed by atoms with van der Waals surface area (Å²) in [5.74, 6) is 1.27. The fraction of sp³-hybridized carbons (Fsp3) is 0.824. The number of fused-ring (bicyclic) bond motifs is 1. The number of rotatable bonds is 4. The lowest BCUT2D eigenvalue weighted by Crippen LogP contribution is -2.46. The Kier molecular flexibility index (Phi) is 4.16. The molecule has 1 aromatic rings. The van der Waals surface area contributed by atoms with Crippen molar-refractivity contribution >= 4 is 0 Å². The average molecular weight is 275 g/mol. The van der Waals surface area contributed by atoms with Crippen molar-refractivity contribution < 1.29 is 0 Å². The summed E-state index contributed by atoms with van der Waals surface area (Å²) in [6.45, 7) is 5.86. The summed E-state index contributed by atoms with van der Waals surface area (Å²) in [4.78, 5) is 4.41. The lowest BCUT2D eigenvalue weighted by Gasteiger charge is -2.41. The summed E-state index contributed by atoms with van der Waals surface area (Å²) in [5, 5.41) is 3.93. The summed E-state index contributed by atoms with van der Waals surface area (Å²) in [7, 11) is 0. The third kappa shape index (κ3) is 2.78. The van der Waals surface area contributed by atoms with E-state index >= 15 is 0 Å². The van der Waals surface area contributed by atoms with Crippen LogP contribution in [-0.2, 0) is 13.0 Å². The van der Waals surface area contributed by atoms with Gasteiger partial charge in [-0.05, 0) is 37.5 Å². The van der Waals surface area contributed by atoms with Crippen molar-refractivity contribution in [1.29, 1.82) is 0 Å². The first-order chi connectivity index (χ1) is 9.74. The zero-order valence-electron chi connectivity index (χ0n) is 13.1. The molecule has 20 heavy (non-hydrogen) atoms.